The Kier molecular flexibility index (Phi) is 3.01. The minimum absolute atomic E-state index is 0.340. The van der Waals surface area contributed by atoms with Gasteiger partial charge in [-0.2, -0.15) is 0 Å². The zero-order valence-corrected chi connectivity index (χ0v) is 8.30. The van der Waals surface area contributed by atoms with E-state index in [1.54, 1.807) is 12.1 Å². The molecule has 0 bridgehead atoms. The van der Waals surface area contributed by atoms with E-state index >= 15 is 0 Å². The minimum atomic E-state index is -1.04. The van der Waals surface area contributed by atoms with Crippen molar-refractivity contribution in [2.75, 3.05) is 11.9 Å². The smallest absolute Gasteiger partial charge is 0.411 e. The Labute approximate surface area is 85.5 Å². The lowest BCUT2D eigenvalue weighted by molar-refractivity contribution is 0.203. The van der Waals surface area contributed by atoms with Crippen LogP contribution < -0.4 is 4.90 Å². The summed E-state index contributed by atoms with van der Waals surface area (Å²) < 4.78 is 0. The average molecular weight is 220 g/mol. The highest BCUT2D eigenvalue weighted by Crippen LogP contribution is 2.26. The molecule has 1 rings (SSSR count). The number of halogens is 2. The molecule has 5 heteroatoms. The number of amides is 1. The predicted molar refractivity (Wildman–Crippen MR) is 52.9 cm³/mol. The van der Waals surface area contributed by atoms with Crippen LogP contribution in [0, 0.1) is 0 Å². The van der Waals surface area contributed by atoms with Gasteiger partial charge in [0.15, 0.2) is 0 Å². The highest BCUT2D eigenvalue weighted by molar-refractivity contribution is 6.42. The zero-order valence-electron chi connectivity index (χ0n) is 6.79. The summed E-state index contributed by atoms with van der Waals surface area (Å²) >= 11 is 11.4. The van der Waals surface area contributed by atoms with E-state index < -0.39 is 6.09 Å². The van der Waals surface area contributed by atoms with Gasteiger partial charge in [0.1, 0.15) is 0 Å². The van der Waals surface area contributed by atoms with Crippen LogP contribution in [-0.4, -0.2) is 18.2 Å². The summed E-state index contributed by atoms with van der Waals surface area (Å²) in [6.07, 6.45) is -1.04. The van der Waals surface area contributed by atoms with Gasteiger partial charge in [0.05, 0.1) is 10.0 Å². The fraction of sp³-hybridized carbons (Fsp3) is 0.125. The van der Waals surface area contributed by atoms with Gasteiger partial charge >= 0.3 is 6.09 Å². The van der Waals surface area contributed by atoms with Gasteiger partial charge in [-0.15, -0.1) is 0 Å². The molecule has 0 unspecified atom stereocenters. The van der Waals surface area contributed by atoms with Gasteiger partial charge < -0.3 is 5.11 Å². The van der Waals surface area contributed by atoms with Crippen LogP contribution in [0.4, 0.5) is 10.5 Å². The highest BCUT2D eigenvalue weighted by Gasteiger charge is 2.09. The molecule has 13 heavy (non-hydrogen) atoms. The molecule has 0 atom stereocenters. The van der Waals surface area contributed by atoms with Crippen LogP contribution in [0.3, 0.4) is 0 Å². The number of rotatable bonds is 1. The van der Waals surface area contributed by atoms with Crippen molar-refractivity contribution in [3.05, 3.63) is 28.2 Å². The largest absolute Gasteiger partial charge is 0.465 e. The molecule has 0 aliphatic heterocycles. The first-order valence-corrected chi connectivity index (χ1v) is 4.19. The molecule has 1 N–H and O–H groups in total. The summed E-state index contributed by atoms with van der Waals surface area (Å²) in [7, 11) is 1.43. The van der Waals surface area contributed by atoms with Crippen molar-refractivity contribution in [3.8, 4) is 0 Å². The molecule has 0 saturated carbocycles. The van der Waals surface area contributed by atoms with Crippen molar-refractivity contribution in [3.63, 3.8) is 0 Å². The number of hydrogen-bond donors (Lipinski definition) is 1. The third-order valence-electron chi connectivity index (χ3n) is 1.58. The minimum Gasteiger partial charge on any atom is -0.465 e. The molecule has 0 saturated heterocycles. The summed E-state index contributed by atoms with van der Waals surface area (Å²) in [5.41, 5.74) is 0.488. The summed E-state index contributed by atoms with van der Waals surface area (Å²) in [5, 5.41) is 9.39. The average Bonchev–Trinajstić information content (AvgIpc) is 2.08. The molecule has 0 aliphatic carbocycles. The Morgan fingerprint density at radius 3 is 2.46 bits per heavy atom. The second-order valence-electron chi connectivity index (χ2n) is 2.44. The Balaban J connectivity index is 3.03. The van der Waals surface area contributed by atoms with E-state index in [9.17, 15) is 4.79 Å². The number of nitrogens with zero attached hydrogens (tertiary/aromatic N) is 1. The second-order valence-corrected chi connectivity index (χ2v) is 3.25. The standard InChI is InChI=1S/C8H7Cl2NO2/c1-11(8(12)13)5-2-3-6(9)7(10)4-5/h2-4H,1H3,(H,12,13). The van der Waals surface area contributed by atoms with Crippen molar-refractivity contribution in [1.29, 1.82) is 0 Å². The van der Waals surface area contributed by atoms with Crippen LogP contribution >= 0.6 is 23.2 Å². The topological polar surface area (TPSA) is 40.5 Å². The van der Waals surface area contributed by atoms with E-state index in [0.717, 1.165) is 4.90 Å². The molecule has 1 aromatic carbocycles. The van der Waals surface area contributed by atoms with Crippen LogP contribution in [0.2, 0.25) is 10.0 Å². The summed E-state index contributed by atoms with van der Waals surface area (Å²) in [5.74, 6) is 0. The van der Waals surface area contributed by atoms with Crippen molar-refractivity contribution >= 4 is 35.0 Å². The first kappa shape index (κ1) is 10.2. The maximum atomic E-state index is 10.5. The van der Waals surface area contributed by atoms with Gasteiger partial charge in [-0.3, -0.25) is 4.90 Å². The van der Waals surface area contributed by atoms with Crippen molar-refractivity contribution in [1.82, 2.24) is 0 Å². The van der Waals surface area contributed by atoms with Crippen LogP contribution in [0.5, 0.6) is 0 Å². The van der Waals surface area contributed by atoms with Crippen LogP contribution in [0.1, 0.15) is 0 Å². The third kappa shape index (κ3) is 2.26. The van der Waals surface area contributed by atoms with Gasteiger partial charge in [-0.1, -0.05) is 23.2 Å². The van der Waals surface area contributed by atoms with Crippen molar-refractivity contribution in [2.45, 2.75) is 0 Å². The molecule has 1 aromatic rings. The fourth-order valence-corrected chi connectivity index (χ4v) is 1.10. The third-order valence-corrected chi connectivity index (χ3v) is 2.32. The number of carboxylic acid groups (broad SMARTS) is 1. The van der Waals surface area contributed by atoms with Gasteiger partial charge in [-0.25, -0.2) is 4.79 Å². The zero-order chi connectivity index (χ0) is 10.0. The van der Waals surface area contributed by atoms with E-state index in [0.29, 0.717) is 15.7 Å². The SMILES string of the molecule is CN(C(=O)O)c1ccc(Cl)c(Cl)c1. The lowest BCUT2D eigenvalue weighted by atomic mass is 10.3. The molecule has 0 aliphatic rings. The lowest BCUT2D eigenvalue weighted by Crippen LogP contribution is -2.23. The first-order chi connectivity index (χ1) is 6.02. The van der Waals surface area contributed by atoms with E-state index in [1.807, 2.05) is 0 Å². The summed E-state index contributed by atoms with van der Waals surface area (Å²) in [6, 6.07) is 4.64. The van der Waals surface area contributed by atoms with E-state index in [4.69, 9.17) is 28.3 Å². The molecular formula is C8H7Cl2NO2. The number of hydrogen-bond acceptors (Lipinski definition) is 1. The Bertz CT molecular complexity index is 341. The normalized spacial score (nSPS) is 9.77. The highest BCUT2D eigenvalue weighted by atomic mass is 35.5. The first-order valence-electron chi connectivity index (χ1n) is 3.44. The quantitative estimate of drug-likeness (QED) is 0.789. The molecule has 1 amide bonds. The van der Waals surface area contributed by atoms with Crippen molar-refractivity contribution < 1.29 is 9.90 Å². The van der Waals surface area contributed by atoms with E-state index in [-0.39, 0.29) is 0 Å². The molecule has 0 spiro atoms. The lowest BCUT2D eigenvalue weighted by Gasteiger charge is -2.13. The van der Waals surface area contributed by atoms with E-state index in [1.165, 1.54) is 13.1 Å². The summed E-state index contributed by atoms with van der Waals surface area (Å²) in [4.78, 5) is 11.6. The molecule has 70 valence electrons. The number of anilines is 1. The van der Waals surface area contributed by atoms with Gasteiger partial charge in [-0.05, 0) is 18.2 Å². The Morgan fingerprint density at radius 1 is 1.38 bits per heavy atom. The monoisotopic (exact) mass is 219 g/mol. The molecular weight excluding hydrogens is 213 g/mol. The van der Waals surface area contributed by atoms with Gasteiger partial charge in [0.25, 0.3) is 0 Å². The number of carbonyl (C=O) groups is 1. The maximum Gasteiger partial charge on any atom is 0.411 e. The molecule has 0 fully saturated rings. The van der Waals surface area contributed by atoms with Gasteiger partial charge in [0, 0.05) is 12.7 Å². The van der Waals surface area contributed by atoms with Crippen molar-refractivity contribution in [2.24, 2.45) is 0 Å². The van der Waals surface area contributed by atoms with Gasteiger partial charge in [0.2, 0.25) is 0 Å². The summed E-state index contributed by atoms with van der Waals surface area (Å²) in [6.45, 7) is 0. The van der Waals surface area contributed by atoms with Crippen LogP contribution in [0.15, 0.2) is 18.2 Å². The van der Waals surface area contributed by atoms with Crippen LogP contribution in [0.25, 0.3) is 0 Å². The molecule has 0 radical (unpaired) electrons. The fourth-order valence-electron chi connectivity index (χ4n) is 0.804. The second kappa shape index (κ2) is 3.85. The Hall–Kier alpha value is -0.930. The molecule has 0 aromatic heterocycles. The van der Waals surface area contributed by atoms with E-state index in [2.05, 4.69) is 0 Å². The maximum absolute atomic E-state index is 10.5. The Morgan fingerprint density at radius 2 is 2.00 bits per heavy atom. The molecule has 3 nitrogen and oxygen atoms in total. The molecule has 0 heterocycles. The predicted octanol–water partition coefficient (Wildman–Crippen LogP) is 3.11. The van der Waals surface area contributed by atoms with Crippen LogP contribution in [-0.2, 0) is 0 Å². The number of benzene rings is 1.